The van der Waals surface area contributed by atoms with Crippen LogP contribution in [-0.2, 0) is 31.7 Å². The van der Waals surface area contributed by atoms with Crippen LogP contribution in [0.3, 0.4) is 0 Å². The van der Waals surface area contributed by atoms with E-state index in [1.807, 2.05) is 4.90 Å². The van der Waals surface area contributed by atoms with E-state index in [9.17, 15) is 33.3 Å². The molecular formula is C30H34FN4O8P. The molecule has 0 aliphatic carbocycles. The van der Waals surface area contributed by atoms with Crippen LogP contribution < -0.4 is 0 Å². The Hall–Kier alpha value is -3.90. The number of rotatable bonds is 10. The second kappa shape index (κ2) is 13.0. The summed E-state index contributed by atoms with van der Waals surface area (Å²) >= 11 is 0. The summed E-state index contributed by atoms with van der Waals surface area (Å²) in [6.07, 6.45) is 0.113. The van der Waals surface area contributed by atoms with Crippen LogP contribution in [0.15, 0.2) is 42.6 Å². The first kappa shape index (κ1) is 31.5. The van der Waals surface area contributed by atoms with Crippen LogP contribution in [0.5, 0.6) is 5.75 Å². The van der Waals surface area contributed by atoms with Gasteiger partial charge in [0.2, 0.25) is 0 Å². The number of nitrogens with zero attached hydrogens (tertiary/aromatic N) is 4. The highest BCUT2D eigenvalue weighted by molar-refractivity contribution is 7.52. The smallest absolute Gasteiger partial charge is 0.335 e. The molecule has 14 heteroatoms. The summed E-state index contributed by atoms with van der Waals surface area (Å²) in [4.78, 5) is 58.9. The lowest BCUT2D eigenvalue weighted by Gasteiger charge is -2.35. The minimum atomic E-state index is -4.07. The number of esters is 1. The van der Waals surface area contributed by atoms with Crippen LogP contribution in [0, 0.1) is 5.82 Å². The van der Waals surface area contributed by atoms with Crippen molar-refractivity contribution >= 4 is 36.3 Å². The molecule has 0 spiro atoms. The molecule has 2 unspecified atom stereocenters. The molecule has 1 saturated heterocycles. The molecule has 5 rings (SSSR count). The van der Waals surface area contributed by atoms with Crippen LogP contribution in [0.25, 0.3) is 10.9 Å². The predicted octanol–water partition coefficient (Wildman–Crippen LogP) is 3.15. The maximum absolute atomic E-state index is 14.0. The van der Waals surface area contributed by atoms with E-state index < -0.39 is 31.4 Å². The average molecular weight is 629 g/mol. The normalized spacial score (nSPS) is 17.4. The predicted molar refractivity (Wildman–Crippen MR) is 158 cm³/mol. The van der Waals surface area contributed by atoms with E-state index in [1.165, 1.54) is 30.2 Å². The maximum atomic E-state index is 14.0. The zero-order chi connectivity index (χ0) is 31.6. The maximum Gasteiger partial charge on any atom is 0.335 e. The Balaban J connectivity index is 1.30. The fraction of sp³-hybridized carbons (Fsp3) is 0.400. The molecule has 12 nitrogen and oxygen atoms in total. The van der Waals surface area contributed by atoms with E-state index in [-0.39, 0.29) is 55.1 Å². The molecule has 3 heterocycles. The molecule has 2 atom stereocenters. The molecule has 1 aromatic heterocycles. The number of amides is 2. The Morgan fingerprint density at radius 1 is 1.14 bits per heavy atom. The number of pyridine rings is 1. The first-order chi connectivity index (χ1) is 21.0. The van der Waals surface area contributed by atoms with Crippen molar-refractivity contribution in [1.29, 1.82) is 0 Å². The molecule has 1 fully saturated rings. The van der Waals surface area contributed by atoms with Gasteiger partial charge in [0.25, 0.3) is 11.8 Å². The van der Waals surface area contributed by atoms with Gasteiger partial charge in [-0.3, -0.25) is 28.6 Å². The minimum absolute atomic E-state index is 0.0380. The molecule has 44 heavy (non-hydrogen) atoms. The quantitative estimate of drug-likeness (QED) is 0.253. The molecule has 2 N–H and O–H groups in total. The van der Waals surface area contributed by atoms with Gasteiger partial charge in [-0.1, -0.05) is 18.2 Å². The Bertz CT molecular complexity index is 1630. The molecule has 3 aromatic rings. The lowest BCUT2D eigenvalue weighted by atomic mass is 9.95. The Labute approximate surface area is 253 Å². The van der Waals surface area contributed by atoms with Crippen molar-refractivity contribution in [3.8, 4) is 5.75 Å². The van der Waals surface area contributed by atoms with Crippen LogP contribution >= 0.6 is 7.60 Å². The van der Waals surface area contributed by atoms with E-state index in [2.05, 4.69) is 4.98 Å². The SMILES string of the molecule is CCOC(=O)C(C)OP(=O)(O)CCN1CCN(C(=O)c2c3c(c(O)c4ncccc24)C(=O)N(Cc2ccc(F)cc2)C3)CC1. The Kier molecular flexibility index (Phi) is 9.31. The number of carbonyl (C=O) groups is 3. The zero-order valence-corrected chi connectivity index (χ0v) is 25.3. The fourth-order valence-corrected chi connectivity index (χ4v) is 6.76. The van der Waals surface area contributed by atoms with Crippen LogP contribution in [-0.4, -0.2) is 99.1 Å². The van der Waals surface area contributed by atoms with Crippen molar-refractivity contribution < 1.29 is 42.6 Å². The van der Waals surface area contributed by atoms with E-state index >= 15 is 0 Å². The highest BCUT2D eigenvalue weighted by atomic mass is 31.2. The van der Waals surface area contributed by atoms with Gasteiger partial charge in [0.05, 0.1) is 23.9 Å². The Morgan fingerprint density at radius 2 is 1.84 bits per heavy atom. The molecule has 2 aromatic carbocycles. The molecule has 2 aliphatic heterocycles. The summed E-state index contributed by atoms with van der Waals surface area (Å²) in [5.74, 6) is -2.14. The van der Waals surface area contributed by atoms with Gasteiger partial charge in [-0.05, 0) is 37.6 Å². The number of halogens is 1. The van der Waals surface area contributed by atoms with Crippen molar-refractivity contribution in [3.05, 3.63) is 70.7 Å². The number of piperazine rings is 1. The average Bonchev–Trinajstić information content (AvgIpc) is 3.32. The van der Waals surface area contributed by atoms with Crippen molar-refractivity contribution in [2.24, 2.45) is 0 Å². The molecule has 0 radical (unpaired) electrons. The van der Waals surface area contributed by atoms with Crippen molar-refractivity contribution in [2.45, 2.75) is 33.0 Å². The van der Waals surface area contributed by atoms with Crippen LogP contribution in [0.2, 0.25) is 0 Å². The van der Waals surface area contributed by atoms with Crippen molar-refractivity contribution in [1.82, 2.24) is 19.7 Å². The fourth-order valence-electron chi connectivity index (χ4n) is 5.54. The largest absolute Gasteiger partial charge is 0.505 e. The molecule has 2 amide bonds. The summed E-state index contributed by atoms with van der Waals surface area (Å²) < 4.78 is 35.9. The number of fused-ring (bicyclic) bond motifs is 2. The zero-order valence-electron chi connectivity index (χ0n) is 24.4. The number of aromatic nitrogens is 1. The summed E-state index contributed by atoms with van der Waals surface area (Å²) in [5.41, 5.74) is 1.60. The third kappa shape index (κ3) is 6.61. The van der Waals surface area contributed by atoms with Crippen molar-refractivity contribution in [2.75, 3.05) is 45.5 Å². The topological polar surface area (TPSA) is 150 Å². The van der Waals surface area contributed by atoms with Gasteiger partial charge in [-0.2, -0.15) is 0 Å². The number of hydrogen-bond donors (Lipinski definition) is 2. The number of ether oxygens (including phenoxy) is 1. The lowest BCUT2D eigenvalue weighted by molar-refractivity contribution is -0.150. The second-order valence-corrected chi connectivity index (χ2v) is 12.7. The van der Waals surface area contributed by atoms with E-state index in [0.717, 1.165) is 0 Å². The van der Waals surface area contributed by atoms with Gasteiger partial charge in [-0.15, -0.1) is 0 Å². The van der Waals surface area contributed by atoms with Crippen molar-refractivity contribution in [3.63, 3.8) is 0 Å². The van der Waals surface area contributed by atoms with E-state index in [1.54, 1.807) is 36.1 Å². The molecule has 234 valence electrons. The van der Waals surface area contributed by atoms with Crippen LogP contribution in [0.4, 0.5) is 4.39 Å². The van der Waals surface area contributed by atoms with Gasteiger partial charge in [0, 0.05) is 63.0 Å². The number of phenols is 1. The highest BCUT2D eigenvalue weighted by Crippen LogP contribution is 2.43. The van der Waals surface area contributed by atoms with Gasteiger partial charge < -0.3 is 24.5 Å². The number of aromatic hydroxyl groups is 1. The third-order valence-corrected chi connectivity index (χ3v) is 9.20. The van der Waals surface area contributed by atoms with Gasteiger partial charge in [-0.25, -0.2) is 9.18 Å². The molecule has 0 bridgehead atoms. The summed E-state index contributed by atoms with van der Waals surface area (Å²) in [6.45, 7) is 5.08. The number of hydrogen-bond acceptors (Lipinski definition) is 9. The number of benzene rings is 2. The van der Waals surface area contributed by atoms with Gasteiger partial charge in [0.1, 0.15) is 11.3 Å². The monoisotopic (exact) mass is 628 g/mol. The first-order valence-electron chi connectivity index (χ1n) is 14.3. The first-order valence-corrected chi connectivity index (χ1v) is 16.1. The minimum Gasteiger partial charge on any atom is -0.505 e. The Morgan fingerprint density at radius 3 is 2.52 bits per heavy atom. The number of carbonyl (C=O) groups excluding carboxylic acids is 3. The summed E-state index contributed by atoms with van der Waals surface area (Å²) in [7, 11) is -4.07. The summed E-state index contributed by atoms with van der Waals surface area (Å²) in [5, 5.41) is 11.5. The lowest BCUT2D eigenvalue weighted by Crippen LogP contribution is -2.49. The van der Waals surface area contributed by atoms with Gasteiger partial charge in [0.15, 0.2) is 11.9 Å². The summed E-state index contributed by atoms with van der Waals surface area (Å²) in [6, 6.07) is 9.13. The molecule has 0 saturated carbocycles. The van der Waals surface area contributed by atoms with E-state index in [0.29, 0.717) is 48.3 Å². The number of phenolic OH excluding ortho intramolecular Hbond substituents is 1. The second-order valence-electron chi connectivity index (χ2n) is 10.8. The third-order valence-electron chi connectivity index (χ3n) is 7.79. The standard InChI is InChI=1S/C30H34FN4O8P/c1-3-42-30(39)19(2)43-44(40,41)16-15-33-11-13-34(14-12-33)28(37)24-22-5-4-10-32-26(22)27(36)25-23(24)18-35(29(25)38)17-20-6-8-21(31)9-7-20/h4-10,19,36H,3,11-18H2,1-2H3,(H,40,41). The molecular weight excluding hydrogens is 594 g/mol. The van der Waals surface area contributed by atoms with Gasteiger partial charge >= 0.3 is 13.6 Å². The molecule has 2 aliphatic rings. The van der Waals surface area contributed by atoms with E-state index in [4.69, 9.17) is 9.26 Å². The van der Waals surface area contributed by atoms with Crippen LogP contribution in [0.1, 0.15) is 45.7 Å². The highest BCUT2D eigenvalue weighted by Gasteiger charge is 2.38.